The molecule has 0 bridgehead atoms. The van der Waals surface area contributed by atoms with Crippen LogP contribution in [0.3, 0.4) is 0 Å². The summed E-state index contributed by atoms with van der Waals surface area (Å²) in [6, 6.07) is 6.52. The molecular weight excluding hydrogens is 264 g/mol. The molecule has 0 heterocycles. The van der Waals surface area contributed by atoms with E-state index in [-0.39, 0.29) is 11.9 Å². The molecule has 1 aromatic carbocycles. The Morgan fingerprint density at radius 3 is 2.11 bits per heavy atom. The van der Waals surface area contributed by atoms with E-state index in [2.05, 4.69) is 10.0 Å². The molecule has 0 radical (unpaired) electrons. The highest BCUT2D eigenvalue weighted by Gasteiger charge is 2.10. The Hall–Kier alpha value is -1.56. The second-order valence-corrected chi connectivity index (χ2v) is 6.19. The molecule has 19 heavy (non-hydrogen) atoms. The van der Waals surface area contributed by atoms with E-state index in [4.69, 9.17) is 0 Å². The molecule has 0 aliphatic rings. The average Bonchev–Trinajstić information content (AvgIpc) is 2.34. The van der Waals surface area contributed by atoms with Crippen molar-refractivity contribution in [2.45, 2.75) is 32.7 Å². The fraction of sp³-hybridized carbons (Fsp3) is 0.462. The Labute approximate surface area is 114 Å². The third-order valence-electron chi connectivity index (χ3n) is 2.77. The molecule has 0 fully saturated rings. The molecule has 1 rings (SSSR count). The number of carbonyl (C=O) groups is 1. The van der Waals surface area contributed by atoms with E-state index in [1.54, 1.807) is 24.3 Å². The number of hydrogen-bond donors (Lipinski definition) is 2. The summed E-state index contributed by atoms with van der Waals surface area (Å²) in [5.41, 5.74) is 0.965. The molecule has 106 valence electrons. The van der Waals surface area contributed by atoms with Gasteiger partial charge in [0, 0.05) is 17.3 Å². The van der Waals surface area contributed by atoms with Crippen molar-refractivity contribution in [2.75, 3.05) is 11.0 Å². The van der Waals surface area contributed by atoms with Crippen LogP contribution < -0.4 is 10.0 Å². The zero-order valence-corrected chi connectivity index (χ0v) is 12.3. The minimum atomic E-state index is -3.29. The predicted molar refractivity (Wildman–Crippen MR) is 76.7 cm³/mol. The molecule has 6 heteroatoms. The molecular formula is C13H20N2O3S. The Bertz CT molecular complexity index is 519. The van der Waals surface area contributed by atoms with Gasteiger partial charge in [0.25, 0.3) is 5.91 Å². The number of sulfonamides is 1. The van der Waals surface area contributed by atoms with E-state index in [1.165, 1.54) is 0 Å². The van der Waals surface area contributed by atoms with E-state index in [1.807, 2.05) is 13.8 Å². The molecule has 0 aromatic heterocycles. The number of anilines is 1. The highest BCUT2D eigenvalue weighted by Crippen LogP contribution is 2.11. The third kappa shape index (κ3) is 5.30. The summed E-state index contributed by atoms with van der Waals surface area (Å²) in [6.07, 6.45) is 2.85. The molecule has 0 saturated heterocycles. The molecule has 1 aromatic rings. The van der Waals surface area contributed by atoms with E-state index >= 15 is 0 Å². The Morgan fingerprint density at radius 1 is 1.16 bits per heavy atom. The summed E-state index contributed by atoms with van der Waals surface area (Å²) in [7, 11) is -3.29. The second-order valence-electron chi connectivity index (χ2n) is 4.44. The summed E-state index contributed by atoms with van der Waals surface area (Å²) in [4.78, 5) is 11.9. The number of carbonyl (C=O) groups excluding carboxylic acids is 1. The van der Waals surface area contributed by atoms with Crippen molar-refractivity contribution in [3.8, 4) is 0 Å². The van der Waals surface area contributed by atoms with Gasteiger partial charge in [-0.2, -0.15) is 0 Å². The van der Waals surface area contributed by atoms with Crippen LogP contribution >= 0.6 is 0 Å². The first-order valence-electron chi connectivity index (χ1n) is 6.24. The van der Waals surface area contributed by atoms with Crippen molar-refractivity contribution < 1.29 is 13.2 Å². The standard InChI is InChI=1S/C13H20N2O3S/c1-4-11(5-2)14-13(16)10-6-8-12(9-7-10)15-19(3,17)18/h6-9,11,15H,4-5H2,1-3H3,(H,14,16). The smallest absolute Gasteiger partial charge is 0.251 e. The molecule has 0 spiro atoms. The molecule has 0 atom stereocenters. The van der Waals surface area contributed by atoms with Crippen molar-refractivity contribution >= 4 is 21.6 Å². The van der Waals surface area contributed by atoms with Gasteiger partial charge in [-0.15, -0.1) is 0 Å². The highest BCUT2D eigenvalue weighted by molar-refractivity contribution is 7.92. The Kier molecular flexibility index (Phi) is 5.35. The van der Waals surface area contributed by atoms with Crippen LogP contribution in [0.2, 0.25) is 0 Å². The monoisotopic (exact) mass is 284 g/mol. The summed E-state index contributed by atoms with van der Waals surface area (Å²) in [6.45, 7) is 4.04. The first-order valence-corrected chi connectivity index (χ1v) is 8.13. The van der Waals surface area contributed by atoms with Crippen LogP contribution in [0.5, 0.6) is 0 Å². The molecule has 0 unspecified atom stereocenters. The molecule has 2 N–H and O–H groups in total. The fourth-order valence-corrected chi connectivity index (χ4v) is 2.23. The maximum Gasteiger partial charge on any atom is 0.251 e. The molecule has 0 aliphatic heterocycles. The van der Waals surface area contributed by atoms with Gasteiger partial charge in [0.2, 0.25) is 10.0 Å². The maximum absolute atomic E-state index is 11.9. The van der Waals surface area contributed by atoms with E-state index in [0.29, 0.717) is 11.3 Å². The van der Waals surface area contributed by atoms with Crippen LogP contribution in [0.1, 0.15) is 37.0 Å². The Morgan fingerprint density at radius 2 is 1.68 bits per heavy atom. The fourth-order valence-electron chi connectivity index (χ4n) is 1.67. The average molecular weight is 284 g/mol. The molecule has 1 amide bonds. The van der Waals surface area contributed by atoms with E-state index < -0.39 is 10.0 Å². The minimum absolute atomic E-state index is 0.139. The largest absolute Gasteiger partial charge is 0.349 e. The first kappa shape index (κ1) is 15.5. The van der Waals surface area contributed by atoms with Gasteiger partial charge in [0.1, 0.15) is 0 Å². The lowest BCUT2D eigenvalue weighted by molar-refractivity contribution is 0.0935. The van der Waals surface area contributed by atoms with E-state index in [0.717, 1.165) is 19.1 Å². The zero-order valence-electron chi connectivity index (χ0n) is 11.4. The van der Waals surface area contributed by atoms with Crippen molar-refractivity contribution in [1.82, 2.24) is 5.32 Å². The number of amides is 1. The van der Waals surface area contributed by atoms with Gasteiger partial charge in [0.05, 0.1) is 6.26 Å². The number of nitrogens with one attached hydrogen (secondary N) is 2. The zero-order chi connectivity index (χ0) is 14.5. The lowest BCUT2D eigenvalue weighted by atomic mass is 10.1. The van der Waals surface area contributed by atoms with Gasteiger partial charge in [-0.05, 0) is 37.1 Å². The maximum atomic E-state index is 11.9. The van der Waals surface area contributed by atoms with Crippen LogP contribution in [0.4, 0.5) is 5.69 Å². The SMILES string of the molecule is CCC(CC)NC(=O)c1ccc(NS(C)(=O)=O)cc1. The first-order chi connectivity index (χ1) is 8.85. The quantitative estimate of drug-likeness (QED) is 0.838. The summed E-state index contributed by atoms with van der Waals surface area (Å²) >= 11 is 0. The van der Waals surface area contributed by atoms with Gasteiger partial charge in [-0.1, -0.05) is 13.8 Å². The third-order valence-corrected chi connectivity index (χ3v) is 3.38. The normalized spacial score (nSPS) is 11.4. The topological polar surface area (TPSA) is 75.3 Å². The lowest BCUT2D eigenvalue weighted by Crippen LogP contribution is -2.33. The van der Waals surface area contributed by atoms with Gasteiger partial charge in [0.15, 0.2) is 0 Å². The molecule has 0 aliphatic carbocycles. The van der Waals surface area contributed by atoms with Crippen LogP contribution in [0, 0.1) is 0 Å². The summed E-state index contributed by atoms with van der Waals surface area (Å²) in [5, 5.41) is 2.92. The number of rotatable bonds is 6. The van der Waals surface area contributed by atoms with Crippen LogP contribution in [-0.4, -0.2) is 26.6 Å². The van der Waals surface area contributed by atoms with Crippen LogP contribution in [0.25, 0.3) is 0 Å². The van der Waals surface area contributed by atoms with Crippen LogP contribution in [-0.2, 0) is 10.0 Å². The van der Waals surface area contributed by atoms with Gasteiger partial charge < -0.3 is 5.32 Å². The van der Waals surface area contributed by atoms with Gasteiger partial charge in [-0.3, -0.25) is 9.52 Å². The lowest BCUT2D eigenvalue weighted by Gasteiger charge is -2.14. The van der Waals surface area contributed by atoms with Crippen molar-refractivity contribution in [3.63, 3.8) is 0 Å². The number of hydrogen-bond acceptors (Lipinski definition) is 3. The second kappa shape index (κ2) is 6.56. The van der Waals surface area contributed by atoms with Crippen molar-refractivity contribution in [1.29, 1.82) is 0 Å². The predicted octanol–water partition coefficient (Wildman–Crippen LogP) is 1.98. The molecule has 0 saturated carbocycles. The minimum Gasteiger partial charge on any atom is -0.349 e. The highest BCUT2D eigenvalue weighted by atomic mass is 32.2. The summed E-state index contributed by atoms with van der Waals surface area (Å²) in [5.74, 6) is -0.139. The van der Waals surface area contributed by atoms with Gasteiger partial charge in [-0.25, -0.2) is 8.42 Å². The molecule has 5 nitrogen and oxygen atoms in total. The number of benzene rings is 1. The Balaban J connectivity index is 2.73. The van der Waals surface area contributed by atoms with Crippen molar-refractivity contribution in [2.24, 2.45) is 0 Å². The van der Waals surface area contributed by atoms with E-state index in [9.17, 15) is 13.2 Å². The van der Waals surface area contributed by atoms with Crippen molar-refractivity contribution in [3.05, 3.63) is 29.8 Å². The summed E-state index contributed by atoms with van der Waals surface area (Å²) < 4.78 is 24.5. The van der Waals surface area contributed by atoms with Gasteiger partial charge >= 0.3 is 0 Å². The van der Waals surface area contributed by atoms with Crippen LogP contribution in [0.15, 0.2) is 24.3 Å².